The monoisotopic (exact) mass is 779 g/mol. The molecule has 6 atom stereocenters. The van der Waals surface area contributed by atoms with Gasteiger partial charge in [-0.3, -0.25) is 9.59 Å². The van der Waals surface area contributed by atoms with Gasteiger partial charge in [0.05, 0.1) is 6.61 Å². The molecule has 11 nitrogen and oxygen atoms in total. The summed E-state index contributed by atoms with van der Waals surface area (Å²) in [6, 6.07) is 0. The molecule has 1 saturated heterocycles. The highest BCUT2D eigenvalue weighted by Gasteiger charge is 2.47. The van der Waals surface area contributed by atoms with Crippen molar-refractivity contribution in [3.05, 3.63) is 48.6 Å². The summed E-state index contributed by atoms with van der Waals surface area (Å²) < 4.78 is 21.7. The van der Waals surface area contributed by atoms with Crippen LogP contribution in [0.5, 0.6) is 0 Å². The maximum atomic E-state index is 12.7. The van der Waals surface area contributed by atoms with Gasteiger partial charge in [0.25, 0.3) is 0 Å². The Morgan fingerprint density at radius 2 is 1.07 bits per heavy atom. The fourth-order valence-electron chi connectivity index (χ4n) is 6.06. The normalized spacial score (nSPS) is 20.9. The van der Waals surface area contributed by atoms with E-state index in [1.54, 1.807) is 0 Å². The van der Waals surface area contributed by atoms with E-state index in [0.29, 0.717) is 12.8 Å². The van der Waals surface area contributed by atoms with E-state index in [-0.39, 0.29) is 19.4 Å². The molecule has 0 radical (unpaired) electrons. The number of aliphatic hydroxyl groups is 3. The van der Waals surface area contributed by atoms with Crippen molar-refractivity contribution in [1.82, 2.24) is 0 Å². The molecule has 6 unspecified atom stereocenters. The van der Waals surface area contributed by atoms with Gasteiger partial charge in [-0.05, 0) is 70.6 Å². The maximum absolute atomic E-state index is 12.7. The first kappa shape index (κ1) is 50.2. The zero-order chi connectivity index (χ0) is 40.4. The molecule has 0 spiro atoms. The summed E-state index contributed by atoms with van der Waals surface area (Å²) in [5.41, 5.74) is 0. The van der Waals surface area contributed by atoms with Gasteiger partial charge in [0.15, 0.2) is 18.5 Å². The summed E-state index contributed by atoms with van der Waals surface area (Å²) in [7, 11) is 0. The predicted octanol–water partition coefficient (Wildman–Crippen LogP) is 8.59. The molecule has 1 aliphatic rings. The average Bonchev–Trinajstić information content (AvgIpc) is 3.17. The lowest BCUT2D eigenvalue weighted by molar-refractivity contribution is -0.298. The number of aliphatic hydroxyl groups excluding tert-OH is 3. The molecule has 0 aliphatic carbocycles. The Bertz CT molecular complexity index is 1100. The van der Waals surface area contributed by atoms with Crippen LogP contribution in [0.25, 0.3) is 0 Å². The summed E-state index contributed by atoms with van der Waals surface area (Å²) >= 11 is 0. The third kappa shape index (κ3) is 26.6. The second kappa shape index (κ2) is 34.4. The molecule has 1 fully saturated rings. The standard InChI is InChI=1S/C44H74O11/c1-3-5-7-9-11-13-15-17-18-19-20-21-23-24-26-28-30-32-37(45)52-34-36(35-53-44-41(49)39(47)40(48)42(55-44)43(50)51)54-38(46)33-31-29-27-25-22-16-14-12-10-8-6-4-2/h5,7,11-14,17-18,36,39-42,44,47-49H,3-4,6,8-10,15-16,19-35H2,1-2H3,(H,50,51)/b7-5-,13-11-,14-12-,18-17-. The van der Waals surface area contributed by atoms with Gasteiger partial charge in [-0.1, -0.05) is 127 Å². The number of allylic oxidation sites excluding steroid dienone is 8. The van der Waals surface area contributed by atoms with Crippen molar-refractivity contribution in [2.75, 3.05) is 13.2 Å². The van der Waals surface area contributed by atoms with Gasteiger partial charge in [-0.15, -0.1) is 0 Å². The molecular formula is C44H74O11. The number of esters is 2. The van der Waals surface area contributed by atoms with Gasteiger partial charge >= 0.3 is 17.9 Å². The molecule has 316 valence electrons. The van der Waals surface area contributed by atoms with E-state index < -0.39 is 61.3 Å². The topological polar surface area (TPSA) is 169 Å². The van der Waals surface area contributed by atoms with E-state index in [9.17, 15) is 34.8 Å². The Balaban J connectivity index is 2.40. The Kier molecular flexibility index (Phi) is 31.4. The SMILES string of the molecule is CC/C=C\C/C=C\C/C=C\CCCCCCCCCC(=O)OCC(COC1OC(C(=O)O)C(O)C(O)C1O)OC(=O)CCCCCCC/C=C\CCCCC. The number of aliphatic carboxylic acids is 1. The predicted molar refractivity (Wildman–Crippen MR) is 215 cm³/mol. The van der Waals surface area contributed by atoms with Crippen LogP contribution in [-0.4, -0.2) is 88.4 Å². The van der Waals surface area contributed by atoms with Gasteiger partial charge < -0.3 is 39.4 Å². The first-order chi connectivity index (χ1) is 26.7. The number of carboxylic acids is 1. The van der Waals surface area contributed by atoms with Crippen LogP contribution in [0.4, 0.5) is 0 Å². The lowest BCUT2D eigenvalue weighted by Crippen LogP contribution is -2.60. The van der Waals surface area contributed by atoms with Gasteiger partial charge in [-0.25, -0.2) is 4.79 Å². The highest BCUT2D eigenvalue weighted by Crippen LogP contribution is 2.23. The number of hydrogen-bond acceptors (Lipinski definition) is 10. The third-order valence-corrected chi connectivity index (χ3v) is 9.41. The van der Waals surface area contributed by atoms with Crippen LogP contribution in [-0.2, 0) is 33.3 Å². The van der Waals surface area contributed by atoms with Crippen LogP contribution in [0.15, 0.2) is 48.6 Å². The number of carbonyl (C=O) groups excluding carboxylic acids is 2. The van der Waals surface area contributed by atoms with Crippen LogP contribution < -0.4 is 0 Å². The number of unbranched alkanes of at least 4 members (excludes halogenated alkanes) is 15. The highest BCUT2D eigenvalue weighted by atomic mass is 16.7. The molecule has 1 aliphatic heterocycles. The Morgan fingerprint density at radius 3 is 1.64 bits per heavy atom. The zero-order valence-corrected chi connectivity index (χ0v) is 33.9. The van der Waals surface area contributed by atoms with Crippen LogP contribution in [0.3, 0.4) is 0 Å². The largest absolute Gasteiger partial charge is 0.479 e. The molecule has 0 aromatic heterocycles. The first-order valence-electron chi connectivity index (χ1n) is 21.2. The van der Waals surface area contributed by atoms with E-state index in [2.05, 4.69) is 62.5 Å². The minimum absolute atomic E-state index is 0.169. The molecular weight excluding hydrogens is 704 g/mol. The van der Waals surface area contributed by atoms with Crippen LogP contribution in [0, 0.1) is 0 Å². The van der Waals surface area contributed by atoms with Crippen molar-refractivity contribution in [1.29, 1.82) is 0 Å². The number of carbonyl (C=O) groups is 3. The lowest BCUT2D eigenvalue weighted by Gasteiger charge is -2.38. The summed E-state index contributed by atoms with van der Waals surface area (Å²) in [6.07, 6.45) is 30.2. The van der Waals surface area contributed by atoms with E-state index in [4.69, 9.17) is 18.9 Å². The number of hydrogen-bond donors (Lipinski definition) is 4. The third-order valence-electron chi connectivity index (χ3n) is 9.41. The smallest absolute Gasteiger partial charge is 0.335 e. The van der Waals surface area contributed by atoms with Gasteiger partial charge in [0.1, 0.15) is 24.9 Å². The van der Waals surface area contributed by atoms with E-state index in [0.717, 1.165) is 89.9 Å². The van der Waals surface area contributed by atoms with Crippen molar-refractivity contribution in [3.63, 3.8) is 0 Å². The molecule has 0 aromatic rings. The van der Waals surface area contributed by atoms with Crippen LogP contribution in [0.1, 0.15) is 162 Å². The molecule has 1 rings (SSSR count). The van der Waals surface area contributed by atoms with Crippen molar-refractivity contribution in [2.45, 2.75) is 198 Å². The van der Waals surface area contributed by atoms with Gasteiger partial charge in [-0.2, -0.15) is 0 Å². The average molecular weight is 779 g/mol. The minimum atomic E-state index is -1.86. The Morgan fingerprint density at radius 1 is 0.582 bits per heavy atom. The van der Waals surface area contributed by atoms with E-state index >= 15 is 0 Å². The van der Waals surface area contributed by atoms with E-state index in [1.807, 2.05) is 0 Å². The molecule has 11 heteroatoms. The molecule has 55 heavy (non-hydrogen) atoms. The zero-order valence-electron chi connectivity index (χ0n) is 33.9. The molecule has 0 saturated carbocycles. The van der Waals surface area contributed by atoms with Crippen molar-refractivity contribution in [2.24, 2.45) is 0 Å². The number of ether oxygens (including phenoxy) is 4. The number of carboxylic acid groups (broad SMARTS) is 1. The van der Waals surface area contributed by atoms with E-state index in [1.165, 1.54) is 32.1 Å². The first-order valence-corrected chi connectivity index (χ1v) is 21.2. The second-order valence-electron chi connectivity index (χ2n) is 14.4. The highest BCUT2D eigenvalue weighted by molar-refractivity contribution is 5.73. The molecule has 1 heterocycles. The van der Waals surface area contributed by atoms with Crippen molar-refractivity contribution in [3.8, 4) is 0 Å². The fourth-order valence-corrected chi connectivity index (χ4v) is 6.06. The fraction of sp³-hybridized carbons (Fsp3) is 0.750. The van der Waals surface area contributed by atoms with Crippen molar-refractivity contribution >= 4 is 17.9 Å². The van der Waals surface area contributed by atoms with Gasteiger partial charge in [0.2, 0.25) is 0 Å². The molecule has 0 bridgehead atoms. The molecule has 0 aromatic carbocycles. The Labute approximate surface area is 331 Å². The molecule has 0 amide bonds. The quantitative estimate of drug-likeness (QED) is 0.0280. The summed E-state index contributed by atoms with van der Waals surface area (Å²) in [5.74, 6) is -2.47. The van der Waals surface area contributed by atoms with Crippen LogP contribution in [0.2, 0.25) is 0 Å². The summed E-state index contributed by atoms with van der Waals surface area (Å²) in [6.45, 7) is 3.64. The number of rotatable bonds is 34. The Hall–Kier alpha value is -2.83. The molecule has 4 N–H and O–H groups in total. The summed E-state index contributed by atoms with van der Waals surface area (Å²) in [4.78, 5) is 36.7. The van der Waals surface area contributed by atoms with Gasteiger partial charge in [0, 0.05) is 12.8 Å². The summed E-state index contributed by atoms with van der Waals surface area (Å²) in [5, 5.41) is 39.7. The lowest BCUT2D eigenvalue weighted by atomic mass is 9.99. The van der Waals surface area contributed by atoms with Crippen molar-refractivity contribution < 1.29 is 53.8 Å². The minimum Gasteiger partial charge on any atom is -0.479 e. The maximum Gasteiger partial charge on any atom is 0.335 e. The van der Waals surface area contributed by atoms with Crippen LogP contribution >= 0.6 is 0 Å². The second-order valence-corrected chi connectivity index (χ2v) is 14.4.